The molecule has 2 aliphatic rings. The maximum atomic E-state index is 12.5. The number of fused-ring (bicyclic) bond motifs is 3. The summed E-state index contributed by atoms with van der Waals surface area (Å²) in [5.74, 6) is 1.61. The van der Waals surface area contributed by atoms with Gasteiger partial charge >= 0.3 is 6.03 Å². The molecule has 5 heterocycles. The Hall–Kier alpha value is -3.80. The zero-order chi connectivity index (χ0) is 29.6. The number of urea groups is 1. The second-order valence-corrected chi connectivity index (χ2v) is 13.5. The molecule has 2 fully saturated rings. The molecule has 7 rings (SSSR count). The van der Waals surface area contributed by atoms with Crippen molar-refractivity contribution in [1.29, 1.82) is 0 Å². The highest BCUT2D eigenvalue weighted by Crippen LogP contribution is 2.36. The molecule has 10 nitrogen and oxygen atoms in total. The van der Waals surface area contributed by atoms with E-state index in [9.17, 15) is 4.79 Å². The molecular weight excluding hydrogens is 562 g/mol. The standard InChI is InChI=1S/C32H37N7O3S/c1-32(2,3)27-18-28(37-42-27)36-30(40)33-22-8-4-21(5-9-22)25-19-39-26-13-12-24(34-29(26)43-31(39)35-25)20-6-10-23(11-7-20)38-14-16-41-17-15-38/h4-5,8-9,12-13,18-20,23H,6-7,10-11,14-17H2,1-3H3,(H2,33,36,37,40)/t20-,23+. The molecule has 43 heavy (non-hydrogen) atoms. The average molecular weight is 600 g/mol. The number of nitrogens with zero attached hydrogens (tertiary/aromatic N) is 5. The zero-order valence-corrected chi connectivity index (χ0v) is 25.6. The van der Waals surface area contributed by atoms with Gasteiger partial charge in [-0.15, -0.1) is 0 Å². The molecule has 0 atom stereocenters. The number of anilines is 2. The van der Waals surface area contributed by atoms with Crippen LogP contribution in [-0.4, -0.2) is 62.8 Å². The van der Waals surface area contributed by atoms with E-state index < -0.39 is 0 Å². The molecule has 224 valence electrons. The summed E-state index contributed by atoms with van der Waals surface area (Å²) in [6.45, 7) is 9.94. The van der Waals surface area contributed by atoms with Gasteiger partial charge in [0.25, 0.3) is 0 Å². The lowest BCUT2D eigenvalue weighted by molar-refractivity contribution is 0.00721. The molecule has 1 aliphatic heterocycles. The molecule has 5 aromatic rings. The number of morpholine rings is 1. The third-order valence-corrected chi connectivity index (χ3v) is 9.55. The number of nitrogens with one attached hydrogen (secondary N) is 2. The third kappa shape index (κ3) is 5.89. The summed E-state index contributed by atoms with van der Waals surface area (Å²) in [7, 11) is 0. The second kappa shape index (κ2) is 11.4. The van der Waals surface area contributed by atoms with Crippen molar-refractivity contribution in [3.63, 3.8) is 0 Å². The minimum Gasteiger partial charge on any atom is -0.379 e. The molecule has 2 amide bonds. The second-order valence-electron chi connectivity index (χ2n) is 12.6. The van der Waals surface area contributed by atoms with E-state index in [1.165, 1.54) is 31.4 Å². The Morgan fingerprint density at radius 3 is 2.47 bits per heavy atom. The molecule has 1 aromatic carbocycles. The predicted molar refractivity (Wildman–Crippen MR) is 169 cm³/mol. The van der Waals surface area contributed by atoms with Crippen LogP contribution in [0.15, 0.2) is 53.2 Å². The Morgan fingerprint density at radius 1 is 0.977 bits per heavy atom. The van der Waals surface area contributed by atoms with Crippen LogP contribution >= 0.6 is 11.3 Å². The summed E-state index contributed by atoms with van der Waals surface area (Å²) >= 11 is 1.63. The topological polar surface area (TPSA) is 110 Å². The van der Waals surface area contributed by atoms with Crippen molar-refractivity contribution in [2.75, 3.05) is 36.9 Å². The van der Waals surface area contributed by atoms with Gasteiger partial charge < -0.3 is 14.6 Å². The summed E-state index contributed by atoms with van der Waals surface area (Å²) < 4.78 is 13.0. The van der Waals surface area contributed by atoms with E-state index in [0.717, 1.165) is 52.9 Å². The highest BCUT2D eigenvalue weighted by molar-refractivity contribution is 7.23. The predicted octanol–water partition coefficient (Wildman–Crippen LogP) is 6.90. The van der Waals surface area contributed by atoms with Gasteiger partial charge in [-0.25, -0.2) is 14.8 Å². The van der Waals surface area contributed by atoms with E-state index in [1.54, 1.807) is 17.4 Å². The number of hydrogen-bond acceptors (Lipinski definition) is 8. The van der Waals surface area contributed by atoms with E-state index in [0.29, 0.717) is 29.2 Å². The normalized spacial score (nSPS) is 20.1. The quantitative estimate of drug-likeness (QED) is 0.226. The van der Waals surface area contributed by atoms with E-state index in [-0.39, 0.29) is 11.4 Å². The summed E-state index contributed by atoms with van der Waals surface area (Å²) in [6.07, 6.45) is 6.92. The number of hydrogen-bond donors (Lipinski definition) is 2. The summed E-state index contributed by atoms with van der Waals surface area (Å²) in [5.41, 5.74) is 4.64. The first kappa shape index (κ1) is 28.0. The van der Waals surface area contributed by atoms with Gasteiger partial charge in [0.15, 0.2) is 10.8 Å². The van der Waals surface area contributed by atoms with Crippen molar-refractivity contribution >= 4 is 44.2 Å². The first-order chi connectivity index (χ1) is 20.8. The van der Waals surface area contributed by atoms with Gasteiger partial charge in [0.1, 0.15) is 10.6 Å². The fraction of sp³-hybridized carbons (Fsp3) is 0.438. The summed E-state index contributed by atoms with van der Waals surface area (Å²) in [4.78, 5) is 27.1. The maximum absolute atomic E-state index is 12.5. The van der Waals surface area contributed by atoms with Gasteiger partial charge in [-0.1, -0.05) is 49.4 Å². The lowest BCUT2D eigenvalue weighted by Gasteiger charge is -2.38. The van der Waals surface area contributed by atoms with Crippen molar-refractivity contribution in [2.45, 2.75) is 63.8 Å². The molecule has 1 saturated heterocycles. The summed E-state index contributed by atoms with van der Waals surface area (Å²) in [5, 5.41) is 9.50. The number of benzene rings is 1. The van der Waals surface area contributed by atoms with Crippen LogP contribution in [0.25, 0.3) is 26.6 Å². The van der Waals surface area contributed by atoms with E-state index in [1.807, 2.05) is 45.0 Å². The molecule has 0 bridgehead atoms. The van der Waals surface area contributed by atoms with Gasteiger partial charge in [-0.3, -0.25) is 14.6 Å². The van der Waals surface area contributed by atoms with Crippen molar-refractivity contribution in [2.24, 2.45) is 0 Å². The first-order valence-electron chi connectivity index (χ1n) is 15.1. The molecular formula is C32H37N7O3S. The minimum atomic E-state index is -0.382. The molecule has 0 spiro atoms. The van der Waals surface area contributed by atoms with E-state index >= 15 is 0 Å². The SMILES string of the molecule is CC(C)(C)c1cc(NC(=O)Nc2ccc(-c3cn4c(n3)sc3nc([C@H]5CC[C@@H](N6CCOCC6)CC5)ccc34)cc2)no1. The van der Waals surface area contributed by atoms with Crippen LogP contribution in [0.1, 0.15) is 63.8 Å². The van der Waals surface area contributed by atoms with Gasteiger partial charge in [0, 0.05) is 59.7 Å². The molecule has 1 saturated carbocycles. The Morgan fingerprint density at radius 2 is 1.74 bits per heavy atom. The minimum absolute atomic E-state index is 0.185. The molecule has 1 aliphatic carbocycles. The van der Waals surface area contributed by atoms with Gasteiger partial charge in [0.05, 0.1) is 24.4 Å². The van der Waals surface area contributed by atoms with Crippen LogP contribution in [0.5, 0.6) is 0 Å². The molecule has 2 N–H and O–H groups in total. The van der Waals surface area contributed by atoms with Crippen molar-refractivity contribution in [1.82, 2.24) is 24.4 Å². The average Bonchev–Trinajstić information content (AvgIpc) is 3.73. The fourth-order valence-electron chi connectivity index (χ4n) is 6.14. The number of thiazole rings is 1. The Balaban J connectivity index is 0.994. The molecule has 4 aromatic heterocycles. The number of pyridine rings is 1. The first-order valence-corrected chi connectivity index (χ1v) is 15.9. The fourth-order valence-corrected chi connectivity index (χ4v) is 7.12. The number of aromatic nitrogens is 4. The van der Waals surface area contributed by atoms with Crippen molar-refractivity contribution in [3.8, 4) is 11.3 Å². The molecule has 0 unspecified atom stereocenters. The maximum Gasteiger partial charge on any atom is 0.324 e. The Kier molecular flexibility index (Phi) is 7.40. The lowest BCUT2D eigenvalue weighted by atomic mass is 9.83. The summed E-state index contributed by atoms with van der Waals surface area (Å²) in [6, 6.07) is 14.1. The Bertz CT molecular complexity index is 1740. The third-order valence-electron chi connectivity index (χ3n) is 8.59. The lowest BCUT2D eigenvalue weighted by Crippen LogP contribution is -2.44. The van der Waals surface area contributed by atoms with Gasteiger partial charge in [-0.05, 0) is 49.9 Å². The van der Waals surface area contributed by atoms with E-state index in [2.05, 4.69) is 43.4 Å². The van der Waals surface area contributed by atoms with Crippen LogP contribution in [0.3, 0.4) is 0 Å². The number of rotatable bonds is 5. The van der Waals surface area contributed by atoms with Crippen molar-refractivity contribution < 1.29 is 14.1 Å². The monoisotopic (exact) mass is 599 g/mol. The van der Waals surface area contributed by atoms with Crippen LogP contribution in [0.4, 0.5) is 16.3 Å². The highest BCUT2D eigenvalue weighted by Gasteiger charge is 2.28. The number of carbonyl (C=O) groups excluding carboxylic acids is 1. The molecule has 0 radical (unpaired) electrons. The smallest absolute Gasteiger partial charge is 0.324 e. The number of carbonyl (C=O) groups is 1. The van der Waals surface area contributed by atoms with Crippen molar-refractivity contribution in [3.05, 3.63) is 60.1 Å². The number of imidazole rings is 1. The van der Waals surface area contributed by atoms with Crippen LogP contribution in [0, 0.1) is 0 Å². The number of amides is 2. The van der Waals surface area contributed by atoms with E-state index in [4.69, 9.17) is 19.2 Å². The highest BCUT2D eigenvalue weighted by atomic mass is 32.1. The van der Waals surface area contributed by atoms with Crippen LogP contribution in [0.2, 0.25) is 0 Å². The Labute approximate surface area is 254 Å². The van der Waals surface area contributed by atoms with Gasteiger partial charge in [-0.2, -0.15) is 0 Å². The largest absolute Gasteiger partial charge is 0.379 e. The van der Waals surface area contributed by atoms with Gasteiger partial charge in [0.2, 0.25) is 0 Å². The zero-order valence-electron chi connectivity index (χ0n) is 24.8. The van der Waals surface area contributed by atoms with Crippen LogP contribution in [-0.2, 0) is 10.2 Å². The van der Waals surface area contributed by atoms with Crippen LogP contribution < -0.4 is 10.6 Å². The molecule has 11 heteroatoms. The number of ether oxygens (including phenoxy) is 1.